The molecule has 2 aliphatic carbocycles. The molecule has 3 fully saturated rings. The molecule has 0 aromatic rings. The maximum Gasteiger partial charge on any atom is 0.223 e. The van der Waals surface area contributed by atoms with Crippen molar-refractivity contribution < 1.29 is 9.53 Å². The van der Waals surface area contributed by atoms with Gasteiger partial charge >= 0.3 is 0 Å². The average molecular weight is 266 g/mol. The number of nitrogens with two attached hydrogens (primary N) is 1. The largest absolute Gasteiger partial charge is 0.376 e. The molecule has 4 unspecified atom stereocenters. The van der Waals surface area contributed by atoms with E-state index in [0.29, 0.717) is 17.9 Å². The Morgan fingerprint density at radius 1 is 1.21 bits per heavy atom. The van der Waals surface area contributed by atoms with Crippen LogP contribution in [0.1, 0.15) is 45.4 Å². The molecule has 0 aromatic carbocycles. The first-order valence-corrected chi connectivity index (χ1v) is 7.82. The monoisotopic (exact) mass is 266 g/mol. The van der Waals surface area contributed by atoms with Crippen molar-refractivity contribution in [3.05, 3.63) is 0 Å². The van der Waals surface area contributed by atoms with Crippen LogP contribution in [-0.4, -0.2) is 30.7 Å². The molecule has 108 valence electrons. The molecule has 1 amide bonds. The number of carbonyl (C=O) groups excluding carboxylic acids is 1. The van der Waals surface area contributed by atoms with E-state index < -0.39 is 0 Å². The predicted molar refractivity (Wildman–Crippen MR) is 73.5 cm³/mol. The highest BCUT2D eigenvalue weighted by Crippen LogP contribution is 2.41. The summed E-state index contributed by atoms with van der Waals surface area (Å²) in [5.41, 5.74) is 6.28. The van der Waals surface area contributed by atoms with Crippen molar-refractivity contribution in [3.8, 4) is 0 Å². The van der Waals surface area contributed by atoms with Crippen molar-refractivity contribution >= 4 is 5.91 Å². The van der Waals surface area contributed by atoms with E-state index in [9.17, 15) is 4.79 Å². The third kappa shape index (κ3) is 2.65. The van der Waals surface area contributed by atoms with Crippen molar-refractivity contribution in [1.82, 2.24) is 5.32 Å². The molecule has 19 heavy (non-hydrogen) atoms. The fourth-order valence-corrected chi connectivity index (χ4v) is 4.23. The van der Waals surface area contributed by atoms with Gasteiger partial charge in [-0.15, -0.1) is 0 Å². The highest BCUT2D eigenvalue weighted by atomic mass is 16.5. The lowest BCUT2D eigenvalue weighted by Crippen LogP contribution is -2.50. The Morgan fingerprint density at radius 3 is 2.47 bits per heavy atom. The zero-order valence-corrected chi connectivity index (χ0v) is 11.8. The van der Waals surface area contributed by atoms with Crippen LogP contribution in [0.2, 0.25) is 0 Å². The van der Waals surface area contributed by atoms with Gasteiger partial charge in [-0.05, 0) is 50.9 Å². The molecule has 3 aliphatic rings. The quantitative estimate of drug-likeness (QED) is 0.795. The molecule has 1 aliphatic heterocycles. The molecule has 1 saturated heterocycles. The van der Waals surface area contributed by atoms with E-state index >= 15 is 0 Å². The van der Waals surface area contributed by atoms with Gasteiger partial charge in [-0.1, -0.05) is 6.42 Å². The van der Waals surface area contributed by atoms with E-state index in [2.05, 4.69) is 5.32 Å². The van der Waals surface area contributed by atoms with E-state index in [1.807, 2.05) is 6.92 Å². The van der Waals surface area contributed by atoms with E-state index in [4.69, 9.17) is 10.5 Å². The van der Waals surface area contributed by atoms with E-state index in [1.165, 1.54) is 19.3 Å². The van der Waals surface area contributed by atoms with Crippen LogP contribution in [-0.2, 0) is 9.53 Å². The Morgan fingerprint density at radius 2 is 1.89 bits per heavy atom. The fraction of sp³-hybridized carbons (Fsp3) is 0.933. The predicted octanol–water partition coefficient (Wildman–Crippen LogP) is 1.43. The minimum Gasteiger partial charge on any atom is -0.376 e. The van der Waals surface area contributed by atoms with Crippen molar-refractivity contribution in [1.29, 1.82) is 0 Å². The van der Waals surface area contributed by atoms with Crippen LogP contribution in [0.4, 0.5) is 0 Å². The Labute approximate surface area is 115 Å². The number of rotatable bonds is 2. The third-order valence-corrected chi connectivity index (χ3v) is 5.49. The van der Waals surface area contributed by atoms with Crippen molar-refractivity contribution in [2.24, 2.45) is 23.5 Å². The molecule has 3 rings (SSSR count). The smallest absolute Gasteiger partial charge is 0.223 e. The van der Waals surface area contributed by atoms with E-state index in [0.717, 1.165) is 25.9 Å². The topological polar surface area (TPSA) is 64.3 Å². The standard InChI is InChI=1S/C15H26N2O2/c1-9-13(5-6-19-9)17-15(18)12-7-10-3-2-4-11(8-12)14(10)16/h9-14H,2-8,16H2,1H3,(H,17,18). The second-order valence-electron chi connectivity index (χ2n) is 6.68. The number of amides is 1. The van der Waals surface area contributed by atoms with Crippen molar-refractivity contribution in [2.75, 3.05) is 6.61 Å². The molecular weight excluding hydrogens is 240 g/mol. The lowest BCUT2D eigenvalue weighted by Gasteiger charge is -2.43. The summed E-state index contributed by atoms with van der Waals surface area (Å²) in [6.07, 6.45) is 6.82. The van der Waals surface area contributed by atoms with E-state index in [1.54, 1.807) is 0 Å². The average Bonchev–Trinajstić information content (AvgIpc) is 2.74. The maximum atomic E-state index is 12.4. The molecule has 0 aromatic heterocycles. The zero-order valence-electron chi connectivity index (χ0n) is 11.8. The van der Waals surface area contributed by atoms with Gasteiger partial charge < -0.3 is 15.8 Å². The molecule has 2 saturated carbocycles. The van der Waals surface area contributed by atoms with Crippen LogP contribution in [0.5, 0.6) is 0 Å². The number of nitrogens with one attached hydrogen (secondary N) is 1. The van der Waals surface area contributed by atoms with Gasteiger partial charge in [0.05, 0.1) is 12.1 Å². The van der Waals surface area contributed by atoms with Gasteiger partial charge in [0.2, 0.25) is 5.91 Å². The summed E-state index contributed by atoms with van der Waals surface area (Å²) in [6, 6.07) is 0.550. The van der Waals surface area contributed by atoms with Gasteiger partial charge in [0, 0.05) is 18.6 Å². The number of hydrogen-bond acceptors (Lipinski definition) is 3. The Kier molecular flexibility index (Phi) is 3.81. The van der Waals surface area contributed by atoms with Gasteiger partial charge in [-0.2, -0.15) is 0 Å². The molecule has 2 bridgehead atoms. The van der Waals surface area contributed by atoms with Crippen LogP contribution >= 0.6 is 0 Å². The van der Waals surface area contributed by atoms with Gasteiger partial charge in [0.1, 0.15) is 0 Å². The number of fused-ring (bicyclic) bond motifs is 2. The molecule has 1 heterocycles. The van der Waals surface area contributed by atoms with Gasteiger partial charge in [-0.25, -0.2) is 0 Å². The molecule has 0 spiro atoms. The number of carbonyl (C=O) groups is 1. The van der Waals surface area contributed by atoms with Gasteiger partial charge in [0.15, 0.2) is 0 Å². The molecule has 4 heteroatoms. The van der Waals surface area contributed by atoms with Crippen LogP contribution in [0.25, 0.3) is 0 Å². The first kappa shape index (κ1) is 13.4. The van der Waals surface area contributed by atoms with Crippen LogP contribution in [0, 0.1) is 17.8 Å². The Bertz CT molecular complexity index is 333. The summed E-state index contributed by atoms with van der Waals surface area (Å²) in [7, 11) is 0. The van der Waals surface area contributed by atoms with Gasteiger partial charge in [0.25, 0.3) is 0 Å². The molecular formula is C15H26N2O2. The molecule has 4 nitrogen and oxygen atoms in total. The minimum atomic E-state index is 0.161. The minimum absolute atomic E-state index is 0.161. The van der Waals surface area contributed by atoms with Crippen LogP contribution in [0.3, 0.4) is 0 Å². The maximum absolute atomic E-state index is 12.4. The Hall–Kier alpha value is -0.610. The summed E-state index contributed by atoms with van der Waals surface area (Å²) in [5.74, 6) is 1.56. The second kappa shape index (κ2) is 5.41. The molecule has 3 N–H and O–H groups in total. The highest BCUT2D eigenvalue weighted by molar-refractivity contribution is 5.79. The summed E-state index contributed by atoms with van der Waals surface area (Å²) in [6.45, 7) is 2.82. The van der Waals surface area contributed by atoms with Crippen molar-refractivity contribution in [3.63, 3.8) is 0 Å². The molecule has 4 atom stereocenters. The second-order valence-corrected chi connectivity index (χ2v) is 6.68. The molecule has 0 radical (unpaired) electrons. The zero-order chi connectivity index (χ0) is 13.4. The normalized spacial score (nSPS) is 46.0. The highest BCUT2D eigenvalue weighted by Gasteiger charge is 2.41. The first-order valence-electron chi connectivity index (χ1n) is 7.82. The lowest BCUT2D eigenvalue weighted by atomic mass is 9.65. The number of ether oxygens (including phenoxy) is 1. The summed E-state index contributed by atoms with van der Waals surface area (Å²) < 4.78 is 5.51. The SMILES string of the molecule is CC1OCCC1NC(=O)C1CC2CCCC(C1)C2N. The van der Waals surface area contributed by atoms with Crippen molar-refractivity contribution in [2.45, 2.75) is 63.6 Å². The van der Waals surface area contributed by atoms with Gasteiger partial charge in [-0.3, -0.25) is 4.79 Å². The fourth-order valence-electron chi connectivity index (χ4n) is 4.23. The van der Waals surface area contributed by atoms with Crippen LogP contribution in [0.15, 0.2) is 0 Å². The Balaban J connectivity index is 1.58. The first-order chi connectivity index (χ1) is 9.15. The summed E-state index contributed by atoms with van der Waals surface area (Å²) >= 11 is 0. The van der Waals surface area contributed by atoms with E-state index in [-0.39, 0.29) is 24.0 Å². The lowest BCUT2D eigenvalue weighted by molar-refractivity contribution is -0.129. The van der Waals surface area contributed by atoms with Crippen LogP contribution < -0.4 is 11.1 Å². The summed E-state index contributed by atoms with van der Waals surface area (Å²) in [4.78, 5) is 12.4. The third-order valence-electron chi connectivity index (χ3n) is 5.49. The summed E-state index contributed by atoms with van der Waals surface area (Å²) in [5, 5.41) is 3.20. The number of hydrogen-bond donors (Lipinski definition) is 2.